The molecule has 5 nitrogen and oxygen atoms in total. The monoisotopic (exact) mass is 283 g/mol. The number of aliphatic carboxylic acids is 1. The third-order valence-electron chi connectivity index (χ3n) is 2.82. The summed E-state index contributed by atoms with van der Waals surface area (Å²) in [6.45, 7) is 4.20. The first kappa shape index (κ1) is 15.6. The van der Waals surface area contributed by atoms with Crippen molar-refractivity contribution in [2.24, 2.45) is 0 Å². The van der Waals surface area contributed by atoms with E-state index in [4.69, 9.17) is 9.84 Å². The molecule has 1 rings (SSSR count). The van der Waals surface area contributed by atoms with Crippen LogP contribution in [0.4, 0.5) is 18.0 Å². The number of carboxylic acids is 1. The number of ether oxygens (including phenoxy) is 1. The van der Waals surface area contributed by atoms with Crippen LogP contribution >= 0.6 is 0 Å². The summed E-state index contributed by atoms with van der Waals surface area (Å²) < 4.78 is 44.1. The van der Waals surface area contributed by atoms with E-state index in [-0.39, 0.29) is 17.9 Å². The van der Waals surface area contributed by atoms with Gasteiger partial charge in [-0.1, -0.05) is 0 Å². The fraction of sp³-hybridized carbons (Fsp3) is 0.818. The van der Waals surface area contributed by atoms with Gasteiger partial charge in [-0.05, 0) is 33.6 Å². The van der Waals surface area contributed by atoms with Crippen molar-refractivity contribution >= 4 is 12.1 Å². The van der Waals surface area contributed by atoms with E-state index in [2.05, 4.69) is 0 Å². The third-order valence-corrected chi connectivity index (χ3v) is 2.82. The lowest BCUT2D eigenvalue weighted by molar-refractivity contribution is -0.227. The number of amides is 1. The Balaban J connectivity index is 3.12. The molecule has 0 radical (unpaired) electrons. The van der Waals surface area contributed by atoms with Gasteiger partial charge < -0.3 is 9.84 Å². The van der Waals surface area contributed by atoms with Gasteiger partial charge in [-0.15, -0.1) is 0 Å². The molecular formula is C11H16F3NO4. The van der Waals surface area contributed by atoms with E-state index in [0.717, 1.165) is 0 Å². The summed E-state index contributed by atoms with van der Waals surface area (Å²) in [6, 6.07) is 0. The summed E-state index contributed by atoms with van der Waals surface area (Å²) in [5.41, 5.74) is -4.18. The minimum absolute atomic E-state index is 0.0367. The molecule has 1 amide bonds. The van der Waals surface area contributed by atoms with Crippen molar-refractivity contribution < 1.29 is 32.6 Å². The molecule has 19 heavy (non-hydrogen) atoms. The predicted molar refractivity (Wildman–Crippen MR) is 58.6 cm³/mol. The van der Waals surface area contributed by atoms with Crippen LogP contribution in [0.3, 0.4) is 0 Å². The number of rotatable bonds is 1. The molecule has 0 spiro atoms. The SMILES string of the molecule is CC(C)(C)OC(=O)N1CCCC1(C(=O)O)C(F)(F)F. The van der Waals surface area contributed by atoms with E-state index in [1.54, 1.807) is 0 Å². The molecule has 8 heteroatoms. The van der Waals surface area contributed by atoms with Gasteiger partial charge in [0.25, 0.3) is 0 Å². The summed E-state index contributed by atoms with van der Waals surface area (Å²) in [5, 5.41) is 8.95. The maximum atomic E-state index is 13.1. The number of hydrogen-bond donors (Lipinski definition) is 1. The first-order valence-electron chi connectivity index (χ1n) is 5.72. The Bertz CT molecular complexity index is 388. The number of carbonyl (C=O) groups is 2. The molecule has 0 aromatic rings. The van der Waals surface area contributed by atoms with E-state index in [9.17, 15) is 22.8 Å². The van der Waals surface area contributed by atoms with E-state index in [0.29, 0.717) is 0 Å². The number of halogens is 3. The average Bonchev–Trinajstić information content (AvgIpc) is 2.57. The van der Waals surface area contributed by atoms with Crippen molar-refractivity contribution in [3.8, 4) is 0 Å². The lowest BCUT2D eigenvalue weighted by Crippen LogP contribution is -2.62. The average molecular weight is 283 g/mol. The van der Waals surface area contributed by atoms with Crippen molar-refractivity contribution in [3.05, 3.63) is 0 Å². The van der Waals surface area contributed by atoms with Crippen LogP contribution in [0.2, 0.25) is 0 Å². The topological polar surface area (TPSA) is 66.8 Å². The van der Waals surface area contributed by atoms with Crippen LogP contribution in [0, 0.1) is 0 Å². The van der Waals surface area contributed by atoms with Crippen LogP contribution in [-0.4, -0.2) is 45.9 Å². The second-order valence-electron chi connectivity index (χ2n) is 5.40. The van der Waals surface area contributed by atoms with Crippen LogP contribution in [0.15, 0.2) is 0 Å². The highest BCUT2D eigenvalue weighted by Crippen LogP contribution is 2.44. The maximum Gasteiger partial charge on any atom is 0.422 e. The van der Waals surface area contributed by atoms with Crippen LogP contribution in [0.25, 0.3) is 0 Å². The Morgan fingerprint density at radius 1 is 1.26 bits per heavy atom. The van der Waals surface area contributed by atoms with Gasteiger partial charge >= 0.3 is 18.2 Å². The van der Waals surface area contributed by atoms with Gasteiger partial charge in [0.1, 0.15) is 5.60 Å². The number of alkyl halides is 3. The molecule has 1 N–H and O–H groups in total. The number of nitrogens with zero attached hydrogens (tertiary/aromatic N) is 1. The molecule has 0 aromatic carbocycles. The molecule has 0 saturated carbocycles. The molecule has 1 atom stereocenters. The van der Waals surface area contributed by atoms with Crippen LogP contribution in [-0.2, 0) is 9.53 Å². The van der Waals surface area contributed by atoms with Crippen molar-refractivity contribution in [1.29, 1.82) is 0 Å². The van der Waals surface area contributed by atoms with E-state index in [1.807, 2.05) is 0 Å². The fourth-order valence-corrected chi connectivity index (χ4v) is 2.02. The van der Waals surface area contributed by atoms with Gasteiger partial charge in [-0.2, -0.15) is 13.2 Å². The second kappa shape index (κ2) is 4.57. The maximum absolute atomic E-state index is 13.1. The molecular weight excluding hydrogens is 267 g/mol. The van der Waals surface area contributed by atoms with Crippen LogP contribution in [0.5, 0.6) is 0 Å². The smallest absolute Gasteiger partial charge is 0.422 e. The van der Waals surface area contributed by atoms with Crippen molar-refractivity contribution in [3.63, 3.8) is 0 Å². The minimum atomic E-state index is -5.05. The third kappa shape index (κ3) is 2.76. The summed E-state index contributed by atoms with van der Waals surface area (Å²) >= 11 is 0. The highest BCUT2D eigenvalue weighted by molar-refractivity contribution is 5.86. The summed E-state index contributed by atoms with van der Waals surface area (Å²) in [5.74, 6) is -2.08. The Hall–Kier alpha value is -1.47. The first-order chi connectivity index (χ1) is 8.42. The molecule has 0 aliphatic carbocycles. The summed E-state index contributed by atoms with van der Waals surface area (Å²) in [4.78, 5) is 23.1. The van der Waals surface area contributed by atoms with Crippen LogP contribution in [0.1, 0.15) is 33.6 Å². The van der Waals surface area contributed by atoms with Crippen LogP contribution < -0.4 is 0 Å². The Morgan fingerprint density at radius 2 is 1.79 bits per heavy atom. The molecule has 1 aliphatic heterocycles. The molecule has 1 saturated heterocycles. The van der Waals surface area contributed by atoms with E-state index in [1.165, 1.54) is 20.8 Å². The molecule has 1 unspecified atom stereocenters. The van der Waals surface area contributed by atoms with Gasteiger partial charge in [0.05, 0.1) is 0 Å². The van der Waals surface area contributed by atoms with Gasteiger partial charge in [0.15, 0.2) is 0 Å². The minimum Gasteiger partial charge on any atom is -0.479 e. The number of hydrogen-bond acceptors (Lipinski definition) is 3. The molecule has 1 aliphatic rings. The molecule has 1 heterocycles. The zero-order chi connectivity index (χ0) is 15.1. The summed E-state index contributed by atoms with van der Waals surface area (Å²) in [6.07, 6.45) is -7.01. The molecule has 0 bridgehead atoms. The number of carbonyl (C=O) groups excluding carboxylic acids is 1. The van der Waals surface area contributed by atoms with Crippen molar-refractivity contribution in [1.82, 2.24) is 4.90 Å². The van der Waals surface area contributed by atoms with Gasteiger partial charge in [-0.3, -0.25) is 4.90 Å². The molecule has 110 valence electrons. The highest BCUT2D eigenvalue weighted by atomic mass is 19.4. The summed E-state index contributed by atoms with van der Waals surface area (Å²) in [7, 11) is 0. The van der Waals surface area contributed by atoms with Crippen molar-refractivity contribution in [2.45, 2.75) is 50.9 Å². The van der Waals surface area contributed by atoms with E-state index < -0.39 is 35.8 Å². The normalized spacial score (nSPS) is 24.4. The largest absolute Gasteiger partial charge is 0.479 e. The lowest BCUT2D eigenvalue weighted by Gasteiger charge is -2.36. The van der Waals surface area contributed by atoms with Crippen molar-refractivity contribution in [2.75, 3.05) is 6.54 Å². The number of likely N-dealkylation sites (tertiary alicyclic amines) is 1. The lowest BCUT2D eigenvalue weighted by atomic mass is 9.96. The number of carboxylic acid groups (broad SMARTS) is 1. The Kier molecular flexibility index (Phi) is 3.75. The fourth-order valence-electron chi connectivity index (χ4n) is 2.02. The van der Waals surface area contributed by atoms with E-state index >= 15 is 0 Å². The standard InChI is InChI=1S/C11H16F3NO4/c1-9(2,3)19-8(18)15-6-4-5-10(15,7(16)17)11(12,13)14/h4-6H2,1-3H3,(H,16,17). The van der Waals surface area contributed by atoms with Gasteiger partial charge in [0, 0.05) is 6.54 Å². The second-order valence-corrected chi connectivity index (χ2v) is 5.40. The van der Waals surface area contributed by atoms with Gasteiger partial charge in [0.2, 0.25) is 5.54 Å². The molecule has 0 aromatic heterocycles. The zero-order valence-corrected chi connectivity index (χ0v) is 10.9. The molecule has 1 fully saturated rings. The predicted octanol–water partition coefficient (Wildman–Crippen LogP) is 2.40. The highest BCUT2D eigenvalue weighted by Gasteiger charge is 2.68. The Morgan fingerprint density at radius 3 is 2.16 bits per heavy atom. The zero-order valence-electron chi connectivity index (χ0n) is 10.9. The Labute approximate surface area is 108 Å². The van der Waals surface area contributed by atoms with Gasteiger partial charge in [-0.25, -0.2) is 9.59 Å². The first-order valence-corrected chi connectivity index (χ1v) is 5.72. The quantitative estimate of drug-likeness (QED) is 0.802.